The molecule has 0 bridgehead atoms. The molecule has 5 nitrogen and oxygen atoms in total. The summed E-state index contributed by atoms with van der Waals surface area (Å²) in [5.74, 6) is -0.350. The molecule has 2 rings (SSSR count). The van der Waals surface area contributed by atoms with Crippen LogP contribution in [0.3, 0.4) is 0 Å². The van der Waals surface area contributed by atoms with Crippen LogP contribution in [-0.2, 0) is 14.6 Å². The van der Waals surface area contributed by atoms with Gasteiger partial charge in [-0.05, 0) is 44.7 Å². The Morgan fingerprint density at radius 2 is 2.06 bits per heavy atom. The number of sulfone groups is 1. The number of carbonyl (C=O) groups excluding carboxylic acids is 1. The Labute approximate surface area is 102 Å². The van der Waals surface area contributed by atoms with E-state index in [1.165, 1.54) is 0 Å². The van der Waals surface area contributed by atoms with E-state index < -0.39 is 9.84 Å². The third-order valence-electron chi connectivity index (χ3n) is 3.99. The molecule has 1 amide bonds. The molecule has 0 spiro atoms. The van der Waals surface area contributed by atoms with Gasteiger partial charge in [-0.1, -0.05) is 0 Å². The molecule has 2 fully saturated rings. The normalized spacial score (nSPS) is 37.5. The van der Waals surface area contributed by atoms with E-state index in [4.69, 9.17) is 5.73 Å². The Morgan fingerprint density at radius 3 is 2.65 bits per heavy atom. The van der Waals surface area contributed by atoms with E-state index >= 15 is 0 Å². The molecule has 2 aliphatic rings. The minimum absolute atomic E-state index is 0.113. The molecule has 17 heavy (non-hydrogen) atoms. The van der Waals surface area contributed by atoms with Crippen molar-refractivity contribution >= 4 is 15.7 Å². The summed E-state index contributed by atoms with van der Waals surface area (Å²) in [5, 5.41) is 2.86. The van der Waals surface area contributed by atoms with Gasteiger partial charge in [0.25, 0.3) is 0 Å². The molecule has 3 unspecified atom stereocenters. The van der Waals surface area contributed by atoms with Crippen molar-refractivity contribution in [2.75, 3.05) is 18.8 Å². The molecule has 2 aliphatic heterocycles. The second kappa shape index (κ2) is 4.94. The van der Waals surface area contributed by atoms with Crippen LogP contribution in [0, 0.1) is 11.8 Å². The number of nitrogens with two attached hydrogens (primary N) is 1. The largest absolute Gasteiger partial charge is 0.369 e. The monoisotopic (exact) mass is 260 g/mol. The quantitative estimate of drug-likeness (QED) is 0.711. The molecule has 0 radical (unpaired) electrons. The van der Waals surface area contributed by atoms with Gasteiger partial charge in [-0.15, -0.1) is 0 Å². The Morgan fingerprint density at radius 1 is 1.29 bits per heavy atom. The standard InChI is InChI=1S/C11H20N2O3S/c12-11(14)8-3-5-17(15,16)10(6-8)9-2-1-4-13-7-9/h8-10,13H,1-7H2,(H2,12,14). The number of piperidine rings is 1. The number of amides is 1. The van der Waals surface area contributed by atoms with Crippen LogP contribution in [0.4, 0.5) is 0 Å². The first-order valence-electron chi connectivity index (χ1n) is 6.22. The van der Waals surface area contributed by atoms with E-state index in [2.05, 4.69) is 5.32 Å². The SMILES string of the molecule is NC(=O)C1CCS(=O)(=O)C(C2CCCNC2)C1. The predicted octanol–water partition coefficient (Wildman–Crippen LogP) is -0.335. The average molecular weight is 260 g/mol. The van der Waals surface area contributed by atoms with E-state index in [0.29, 0.717) is 12.8 Å². The van der Waals surface area contributed by atoms with E-state index in [-0.39, 0.29) is 28.7 Å². The zero-order valence-electron chi connectivity index (χ0n) is 9.89. The summed E-state index contributed by atoms with van der Waals surface area (Å²) in [6.07, 6.45) is 2.76. The fraction of sp³-hybridized carbons (Fsp3) is 0.909. The average Bonchev–Trinajstić information content (AvgIpc) is 2.29. The maximum atomic E-state index is 12.1. The number of rotatable bonds is 2. The lowest BCUT2D eigenvalue weighted by atomic mass is 9.88. The third kappa shape index (κ3) is 2.80. The molecule has 0 aliphatic carbocycles. The zero-order chi connectivity index (χ0) is 12.5. The van der Waals surface area contributed by atoms with E-state index in [9.17, 15) is 13.2 Å². The van der Waals surface area contributed by atoms with Gasteiger partial charge in [-0.25, -0.2) is 8.42 Å². The molecular weight excluding hydrogens is 240 g/mol. The summed E-state index contributed by atoms with van der Waals surface area (Å²) in [4.78, 5) is 11.2. The number of carbonyl (C=O) groups is 1. The number of primary amides is 1. The molecule has 0 saturated carbocycles. The Kier molecular flexibility index (Phi) is 3.73. The highest BCUT2D eigenvalue weighted by Crippen LogP contribution is 2.32. The molecular formula is C11H20N2O3S. The van der Waals surface area contributed by atoms with Gasteiger partial charge in [-0.3, -0.25) is 4.79 Å². The molecule has 2 heterocycles. The molecule has 0 aromatic heterocycles. The number of hydrogen-bond donors (Lipinski definition) is 2. The van der Waals surface area contributed by atoms with Crippen molar-refractivity contribution in [3.05, 3.63) is 0 Å². The molecule has 3 atom stereocenters. The topological polar surface area (TPSA) is 89.3 Å². The van der Waals surface area contributed by atoms with Crippen molar-refractivity contribution in [2.45, 2.75) is 30.9 Å². The Balaban J connectivity index is 2.12. The van der Waals surface area contributed by atoms with Crippen LogP contribution in [0.25, 0.3) is 0 Å². The molecule has 2 saturated heterocycles. The van der Waals surface area contributed by atoms with Crippen LogP contribution in [-0.4, -0.2) is 38.4 Å². The maximum Gasteiger partial charge on any atom is 0.220 e. The van der Waals surface area contributed by atoms with Crippen LogP contribution in [0.2, 0.25) is 0 Å². The first-order valence-corrected chi connectivity index (χ1v) is 7.94. The van der Waals surface area contributed by atoms with Gasteiger partial charge in [0, 0.05) is 5.92 Å². The summed E-state index contributed by atoms with van der Waals surface area (Å²) in [5.41, 5.74) is 5.30. The first-order chi connectivity index (χ1) is 8.00. The van der Waals surface area contributed by atoms with Crippen LogP contribution < -0.4 is 11.1 Å². The summed E-state index contributed by atoms with van der Waals surface area (Å²) in [6.45, 7) is 1.71. The highest BCUT2D eigenvalue weighted by Gasteiger charge is 2.40. The Hall–Kier alpha value is -0.620. The zero-order valence-corrected chi connectivity index (χ0v) is 10.7. The van der Waals surface area contributed by atoms with Crippen molar-refractivity contribution in [1.29, 1.82) is 0 Å². The molecule has 0 aromatic rings. The highest BCUT2D eigenvalue weighted by molar-refractivity contribution is 7.92. The Bertz CT molecular complexity index is 388. The maximum absolute atomic E-state index is 12.1. The van der Waals surface area contributed by atoms with Crippen LogP contribution >= 0.6 is 0 Å². The van der Waals surface area contributed by atoms with Crippen molar-refractivity contribution in [3.8, 4) is 0 Å². The van der Waals surface area contributed by atoms with Crippen molar-refractivity contribution in [1.82, 2.24) is 5.32 Å². The fourth-order valence-corrected chi connectivity index (χ4v) is 5.20. The summed E-state index contributed by atoms with van der Waals surface area (Å²) >= 11 is 0. The summed E-state index contributed by atoms with van der Waals surface area (Å²) in [7, 11) is -3.04. The number of hydrogen-bond acceptors (Lipinski definition) is 4. The van der Waals surface area contributed by atoms with Crippen LogP contribution in [0.1, 0.15) is 25.7 Å². The van der Waals surface area contributed by atoms with E-state index in [1.807, 2.05) is 0 Å². The lowest BCUT2D eigenvalue weighted by Gasteiger charge is -2.35. The third-order valence-corrected chi connectivity index (χ3v) is 6.30. The molecule has 98 valence electrons. The van der Waals surface area contributed by atoms with Crippen molar-refractivity contribution in [2.24, 2.45) is 17.6 Å². The summed E-state index contributed by atoms with van der Waals surface area (Å²) in [6, 6.07) is 0. The smallest absolute Gasteiger partial charge is 0.220 e. The first kappa shape index (κ1) is 12.8. The fourth-order valence-electron chi connectivity index (χ4n) is 2.94. The van der Waals surface area contributed by atoms with Crippen LogP contribution in [0.15, 0.2) is 0 Å². The van der Waals surface area contributed by atoms with Gasteiger partial charge >= 0.3 is 0 Å². The van der Waals surface area contributed by atoms with Crippen LogP contribution in [0.5, 0.6) is 0 Å². The molecule has 0 aromatic carbocycles. The van der Waals surface area contributed by atoms with E-state index in [0.717, 1.165) is 25.9 Å². The van der Waals surface area contributed by atoms with Crippen molar-refractivity contribution < 1.29 is 13.2 Å². The minimum Gasteiger partial charge on any atom is -0.369 e. The molecule has 6 heteroatoms. The lowest BCUT2D eigenvalue weighted by molar-refractivity contribution is -0.122. The van der Waals surface area contributed by atoms with Gasteiger partial charge < -0.3 is 11.1 Å². The predicted molar refractivity (Wildman–Crippen MR) is 65.1 cm³/mol. The van der Waals surface area contributed by atoms with Gasteiger partial charge in [-0.2, -0.15) is 0 Å². The lowest BCUT2D eigenvalue weighted by Crippen LogP contribution is -2.46. The van der Waals surface area contributed by atoms with Crippen molar-refractivity contribution in [3.63, 3.8) is 0 Å². The van der Waals surface area contributed by atoms with Gasteiger partial charge in [0.2, 0.25) is 5.91 Å². The summed E-state index contributed by atoms with van der Waals surface area (Å²) < 4.78 is 24.1. The second-order valence-corrected chi connectivity index (χ2v) is 7.48. The van der Waals surface area contributed by atoms with Gasteiger partial charge in [0.05, 0.1) is 11.0 Å². The highest BCUT2D eigenvalue weighted by atomic mass is 32.2. The minimum atomic E-state index is -3.04. The van der Waals surface area contributed by atoms with E-state index in [1.54, 1.807) is 0 Å². The van der Waals surface area contributed by atoms with Gasteiger partial charge in [0.15, 0.2) is 9.84 Å². The number of nitrogens with one attached hydrogen (secondary N) is 1. The van der Waals surface area contributed by atoms with Gasteiger partial charge in [0.1, 0.15) is 0 Å². The second-order valence-electron chi connectivity index (χ2n) is 5.14. The molecule has 3 N–H and O–H groups in total.